The number of thioether (sulfide) groups is 1. The van der Waals surface area contributed by atoms with E-state index in [0.717, 1.165) is 24.4 Å². The lowest BCUT2D eigenvalue weighted by atomic mass is 10.1. The Bertz CT molecular complexity index is 415. The Balaban J connectivity index is 1.81. The summed E-state index contributed by atoms with van der Waals surface area (Å²) in [4.78, 5) is 0. The predicted molar refractivity (Wildman–Crippen MR) is 74.7 cm³/mol. The van der Waals surface area contributed by atoms with Crippen LogP contribution in [-0.4, -0.2) is 29.7 Å². The highest BCUT2D eigenvalue weighted by atomic mass is 32.2. The number of aliphatic hydroxyl groups is 1. The lowest BCUT2D eigenvalue weighted by Crippen LogP contribution is -2.27. The van der Waals surface area contributed by atoms with Gasteiger partial charge in [0.05, 0.1) is 11.7 Å². The van der Waals surface area contributed by atoms with Crippen LogP contribution in [0.5, 0.6) is 0 Å². The van der Waals surface area contributed by atoms with Gasteiger partial charge >= 0.3 is 6.18 Å². The Morgan fingerprint density at radius 3 is 2.55 bits per heavy atom. The van der Waals surface area contributed by atoms with Gasteiger partial charge in [-0.1, -0.05) is 12.1 Å². The molecule has 1 fully saturated rings. The van der Waals surface area contributed by atoms with Crippen LogP contribution in [0.2, 0.25) is 0 Å². The number of hydrogen-bond acceptors (Lipinski definition) is 3. The number of benzene rings is 1. The van der Waals surface area contributed by atoms with E-state index in [0.29, 0.717) is 18.0 Å². The molecule has 2 unspecified atom stereocenters. The van der Waals surface area contributed by atoms with Crippen molar-refractivity contribution >= 4 is 11.8 Å². The SMILES string of the molecule is OC(CNCC1CCSC1)c1ccc(C(F)(F)F)cc1. The summed E-state index contributed by atoms with van der Waals surface area (Å²) < 4.78 is 37.3. The van der Waals surface area contributed by atoms with Crippen molar-refractivity contribution in [3.63, 3.8) is 0 Å². The summed E-state index contributed by atoms with van der Waals surface area (Å²) >= 11 is 1.93. The number of halogens is 3. The Morgan fingerprint density at radius 1 is 1.30 bits per heavy atom. The van der Waals surface area contributed by atoms with Gasteiger partial charge in [0.1, 0.15) is 0 Å². The predicted octanol–water partition coefficient (Wildman–Crippen LogP) is 3.08. The van der Waals surface area contributed by atoms with Crippen LogP contribution in [0, 0.1) is 5.92 Å². The number of hydrogen-bond donors (Lipinski definition) is 2. The van der Waals surface area contributed by atoms with Gasteiger partial charge in [-0.2, -0.15) is 24.9 Å². The van der Waals surface area contributed by atoms with Crippen molar-refractivity contribution in [2.45, 2.75) is 18.7 Å². The molecular formula is C14H18F3NOS. The smallest absolute Gasteiger partial charge is 0.387 e. The van der Waals surface area contributed by atoms with Gasteiger partial charge in [0.2, 0.25) is 0 Å². The highest BCUT2D eigenvalue weighted by Gasteiger charge is 2.30. The van der Waals surface area contributed by atoms with Gasteiger partial charge in [-0.3, -0.25) is 0 Å². The van der Waals surface area contributed by atoms with Crippen LogP contribution in [0.15, 0.2) is 24.3 Å². The summed E-state index contributed by atoms with van der Waals surface area (Å²) in [5.41, 5.74) is -0.185. The molecule has 0 bridgehead atoms. The number of aliphatic hydroxyl groups excluding tert-OH is 1. The molecule has 20 heavy (non-hydrogen) atoms. The minimum Gasteiger partial charge on any atom is -0.387 e. The van der Waals surface area contributed by atoms with Gasteiger partial charge in [-0.25, -0.2) is 0 Å². The first-order chi connectivity index (χ1) is 9.47. The normalized spacial score (nSPS) is 21.1. The number of nitrogens with one attached hydrogen (secondary N) is 1. The molecule has 0 radical (unpaired) electrons. The third-order valence-electron chi connectivity index (χ3n) is 3.42. The van der Waals surface area contributed by atoms with Crippen LogP contribution in [0.25, 0.3) is 0 Å². The Morgan fingerprint density at radius 2 is 2.00 bits per heavy atom. The first kappa shape index (κ1) is 15.7. The topological polar surface area (TPSA) is 32.3 Å². The molecule has 2 rings (SSSR count). The number of alkyl halides is 3. The molecule has 1 heterocycles. The van der Waals surface area contributed by atoms with Gasteiger partial charge in [0.15, 0.2) is 0 Å². The molecule has 1 aliphatic rings. The molecule has 6 heteroatoms. The second-order valence-corrected chi connectivity index (χ2v) is 6.17. The van der Waals surface area contributed by atoms with E-state index in [-0.39, 0.29) is 0 Å². The van der Waals surface area contributed by atoms with Gasteiger partial charge in [0.25, 0.3) is 0 Å². The van der Waals surface area contributed by atoms with Crippen molar-refractivity contribution < 1.29 is 18.3 Å². The van der Waals surface area contributed by atoms with Crippen molar-refractivity contribution in [2.75, 3.05) is 24.6 Å². The van der Waals surface area contributed by atoms with Crippen LogP contribution in [0.3, 0.4) is 0 Å². The van der Waals surface area contributed by atoms with Gasteiger partial charge in [-0.15, -0.1) is 0 Å². The lowest BCUT2D eigenvalue weighted by molar-refractivity contribution is -0.137. The third kappa shape index (κ3) is 4.40. The van der Waals surface area contributed by atoms with Crippen LogP contribution in [0.1, 0.15) is 23.7 Å². The molecule has 1 aliphatic heterocycles. The van der Waals surface area contributed by atoms with E-state index in [1.807, 2.05) is 11.8 Å². The fourth-order valence-corrected chi connectivity index (χ4v) is 3.47. The summed E-state index contributed by atoms with van der Waals surface area (Å²) in [5.74, 6) is 2.97. The average molecular weight is 305 g/mol. The molecule has 0 aromatic heterocycles. The minimum atomic E-state index is -4.33. The second kappa shape index (κ2) is 6.83. The summed E-state index contributed by atoms with van der Waals surface area (Å²) in [5, 5.41) is 13.1. The summed E-state index contributed by atoms with van der Waals surface area (Å²) in [6, 6.07) is 4.68. The zero-order chi connectivity index (χ0) is 14.6. The van der Waals surface area contributed by atoms with Crippen LogP contribution in [-0.2, 0) is 6.18 Å². The van der Waals surface area contributed by atoms with E-state index in [1.165, 1.54) is 24.3 Å². The van der Waals surface area contributed by atoms with Crippen LogP contribution < -0.4 is 5.32 Å². The monoisotopic (exact) mass is 305 g/mol. The maximum Gasteiger partial charge on any atom is 0.416 e. The van der Waals surface area contributed by atoms with E-state index in [1.54, 1.807) is 0 Å². The lowest BCUT2D eigenvalue weighted by Gasteiger charge is -2.15. The van der Waals surface area contributed by atoms with Crippen molar-refractivity contribution in [3.8, 4) is 0 Å². The molecule has 1 aromatic carbocycles. The Kier molecular flexibility index (Phi) is 5.35. The molecule has 112 valence electrons. The fourth-order valence-electron chi connectivity index (χ4n) is 2.18. The van der Waals surface area contributed by atoms with Crippen LogP contribution in [0.4, 0.5) is 13.2 Å². The largest absolute Gasteiger partial charge is 0.416 e. The molecule has 2 atom stereocenters. The first-order valence-corrected chi connectivity index (χ1v) is 7.76. The zero-order valence-electron chi connectivity index (χ0n) is 11.0. The van der Waals surface area contributed by atoms with Crippen LogP contribution >= 0.6 is 11.8 Å². The number of rotatable bonds is 5. The van der Waals surface area contributed by atoms with Crippen molar-refractivity contribution in [1.82, 2.24) is 5.32 Å². The fraction of sp³-hybridized carbons (Fsp3) is 0.571. The Hall–Kier alpha value is -0.720. The standard InChI is InChI=1S/C14H18F3NOS/c15-14(16,17)12-3-1-11(2-4-12)13(19)8-18-7-10-5-6-20-9-10/h1-4,10,13,18-19H,5-9H2. The third-order valence-corrected chi connectivity index (χ3v) is 4.65. The quantitative estimate of drug-likeness (QED) is 0.877. The molecule has 2 N–H and O–H groups in total. The van der Waals surface area contributed by atoms with Gasteiger partial charge < -0.3 is 10.4 Å². The zero-order valence-corrected chi connectivity index (χ0v) is 11.8. The molecule has 0 amide bonds. The first-order valence-electron chi connectivity index (χ1n) is 6.60. The van der Waals surface area contributed by atoms with E-state index >= 15 is 0 Å². The Labute approximate surface area is 120 Å². The summed E-state index contributed by atoms with van der Waals surface area (Å²) in [7, 11) is 0. The molecule has 0 spiro atoms. The van der Waals surface area contributed by atoms with E-state index in [2.05, 4.69) is 5.32 Å². The highest BCUT2D eigenvalue weighted by Crippen LogP contribution is 2.29. The van der Waals surface area contributed by atoms with Gasteiger partial charge in [0, 0.05) is 6.54 Å². The minimum absolute atomic E-state index is 0.368. The highest BCUT2D eigenvalue weighted by molar-refractivity contribution is 7.99. The molecule has 0 aliphatic carbocycles. The molecule has 1 aromatic rings. The second-order valence-electron chi connectivity index (χ2n) is 5.02. The van der Waals surface area contributed by atoms with E-state index in [9.17, 15) is 18.3 Å². The molecular weight excluding hydrogens is 287 g/mol. The molecule has 2 nitrogen and oxygen atoms in total. The molecule has 1 saturated heterocycles. The maximum atomic E-state index is 12.4. The molecule has 0 saturated carbocycles. The van der Waals surface area contributed by atoms with E-state index in [4.69, 9.17) is 0 Å². The van der Waals surface area contributed by atoms with Crippen molar-refractivity contribution in [2.24, 2.45) is 5.92 Å². The summed E-state index contributed by atoms with van der Waals surface area (Å²) in [6.07, 6.45) is -3.91. The maximum absolute atomic E-state index is 12.4. The average Bonchev–Trinajstić information content (AvgIpc) is 2.91. The summed E-state index contributed by atoms with van der Waals surface area (Å²) in [6.45, 7) is 1.22. The van der Waals surface area contributed by atoms with E-state index < -0.39 is 17.8 Å². The van der Waals surface area contributed by atoms with Gasteiger partial charge in [-0.05, 0) is 48.1 Å². The van der Waals surface area contributed by atoms with Crippen molar-refractivity contribution in [1.29, 1.82) is 0 Å². The van der Waals surface area contributed by atoms with Crippen molar-refractivity contribution in [3.05, 3.63) is 35.4 Å².